The molecule has 0 radical (unpaired) electrons. The summed E-state index contributed by atoms with van der Waals surface area (Å²) in [5.74, 6) is -0.353. The first-order chi connectivity index (χ1) is 8.27. The molecule has 0 rings (SSSR count). The Hall–Kier alpha value is -0.400. The number of amides is 1. The molecule has 6 nitrogen and oxygen atoms in total. The first-order valence-corrected chi connectivity index (χ1v) is 5.86. The van der Waals surface area contributed by atoms with Crippen LogP contribution in [0.5, 0.6) is 0 Å². The van der Waals surface area contributed by atoms with Gasteiger partial charge < -0.3 is 24.7 Å². The van der Waals surface area contributed by atoms with Crippen LogP contribution in [0.25, 0.3) is 0 Å². The summed E-state index contributed by atoms with van der Waals surface area (Å²) in [7, 11) is 0. The molecule has 0 saturated heterocycles. The summed E-state index contributed by atoms with van der Waals surface area (Å²) in [4.78, 5) is 10.4. The van der Waals surface area contributed by atoms with E-state index in [-0.39, 0.29) is 24.7 Å². The van der Waals surface area contributed by atoms with E-state index in [2.05, 4.69) is 0 Å². The van der Waals surface area contributed by atoms with Crippen LogP contribution in [-0.2, 0) is 23.7 Å². The molecule has 0 aliphatic carbocycles. The number of ether oxygens (including phenoxy) is 4. The normalized spacial score (nSPS) is 10.1. The van der Waals surface area contributed by atoms with Gasteiger partial charge in [-0.2, -0.15) is 0 Å². The van der Waals surface area contributed by atoms with Crippen molar-refractivity contribution in [3.05, 3.63) is 0 Å². The molecule has 0 aromatic heterocycles. The molecule has 0 bridgehead atoms. The van der Waals surface area contributed by atoms with Crippen LogP contribution in [0.4, 0.5) is 0 Å². The molecule has 0 aromatic carbocycles. The number of hydrogen-bond acceptors (Lipinski definition) is 5. The van der Waals surface area contributed by atoms with E-state index in [1.807, 2.05) is 6.92 Å². The highest BCUT2D eigenvalue weighted by Gasteiger charge is 1.94. The van der Waals surface area contributed by atoms with Crippen LogP contribution in [0.1, 0.15) is 13.3 Å². The second-order valence-electron chi connectivity index (χ2n) is 3.25. The first-order valence-electron chi connectivity index (χ1n) is 5.86. The summed E-state index contributed by atoms with van der Waals surface area (Å²) >= 11 is 0. The van der Waals surface area contributed by atoms with Crippen LogP contribution >= 0.6 is 12.4 Å². The van der Waals surface area contributed by atoms with Crippen molar-refractivity contribution in [2.45, 2.75) is 13.3 Å². The summed E-state index contributed by atoms with van der Waals surface area (Å²) in [6.45, 7) is 6.26. The molecule has 110 valence electrons. The summed E-state index contributed by atoms with van der Waals surface area (Å²) < 4.78 is 20.7. The number of rotatable bonds is 13. The Kier molecular flexibility index (Phi) is 18.4. The highest BCUT2D eigenvalue weighted by atomic mass is 35.5. The van der Waals surface area contributed by atoms with Crippen molar-refractivity contribution in [1.29, 1.82) is 0 Å². The fraction of sp³-hybridized carbons (Fsp3) is 0.909. The Bertz CT molecular complexity index is 183. The van der Waals surface area contributed by atoms with Crippen molar-refractivity contribution in [2.24, 2.45) is 5.73 Å². The zero-order valence-corrected chi connectivity index (χ0v) is 11.7. The lowest BCUT2D eigenvalue weighted by molar-refractivity contribution is -0.119. The number of carbonyl (C=O) groups is 1. The molecular weight excluding hydrogens is 262 g/mol. The maximum absolute atomic E-state index is 10.4. The third kappa shape index (κ3) is 18.0. The number of halogens is 1. The van der Waals surface area contributed by atoms with E-state index in [0.717, 1.165) is 0 Å². The van der Waals surface area contributed by atoms with E-state index in [1.54, 1.807) is 0 Å². The van der Waals surface area contributed by atoms with Crippen LogP contribution in [-0.4, -0.2) is 58.8 Å². The van der Waals surface area contributed by atoms with Gasteiger partial charge in [0.2, 0.25) is 5.91 Å². The molecule has 0 aliphatic rings. The molecule has 0 spiro atoms. The maximum atomic E-state index is 10.4. The SMILES string of the molecule is CCOCCOCCOCCOCCC(N)=O.Cl. The number of hydrogen-bond donors (Lipinski definition) is 1. The maximum Gasteiger partial charge on any atom is 0.219 e. The Balaban J connectivity index is 0. The lowest BCUT2D eigenvalue weighted by atomic mass is 10.4. The lowest BCUT2D eigenvalue weighted by Gasteiger charge is -2.06. The molecule has 2 N–H and O–H groups in total. The summed E-state index contributed by atoms with van der Waals surface area (Å²) in [5, 5.41) is 0. The van der Waals surface area contributed by atoms with Gasteiger partial charge in [-0.3, -0.25) is 4.79 Å². The van der Waals surface area contributed by atoms with Crippen molar-refractivity contribution in [2.75, 3.05) is 52.9 Å². The van der Waals surface area contributed by atoms with Crippen LogP contribution in [0, 0.1) is 0 Å². The smallest absolute Gasteiger partial charge is 0.219 e. The number of primary amides is 1. The predicted molar refractivity (Wildman–Crippen MR) is 70.0 cm³/mol. The van der Waals surface area contributed by atoms with E-state index >= 15 is 0 Å². The minimum absolute atomic E-state index is 0. The van der Waals surface area contributed by atoms with E-state index in [9.17, 15) is 4.79 Å². The van der Waals surface area contributed by atoms with Crippen molar-refractivity contribution in [1.82, 2.24) is 0 Å². The average Bonchev–Trinajstić information content (AvgIpc) is 2.30. The van der Waals surface area contributed by atoms with Gasteiger partial charge in [-0.05, 0) is 6.92 Å². The molecular formula is C11H24ClNO5. The van der Waals surface area contributed by atoms with E-state index in [4.69, 9.17) is 24.7 Å². The molecule has 0 aliphatic heterocycles. The van der Waals surface area contributed by atoms with Crippen LogP contribution in [0.15, 0.2) is 0 Å². The van der Waals surface area contributed by atoms with Crippen molar-refractivity contribution in [3.8, 4) is 0 Å². The summed E-state index contributed by atoms with van der Waals surface area (Å²) in [6.07, 6.45) is 0.251. The van der Waals surface area contributed by atoms with Gasteiger partial charge in [0.05, 0.1) is 46.2 Å². The van der Waals surface area contributed by atoms with Crippen molar-refractivity contribution < 1.29 is 23.7 Å². The molecule has 18 heavy (non-hydrogen) atoms. The Morgan fingerprint density at radius 2 is 1.22 bits per heavy atom. The molecule has 0 saturated carbocycles. The van der Waals surface area contributed by atoms with Gasteiger partial charge >= 0.3 is 0 Å². The second kappa shape index (κ2) is 16.6. The molecule has 0 aromatic rings. The van der Waals surface area contributed by atoms with Gasteiger partial charge in [0.25, 0.3) is 0 Å². The van der Waals surface area contributed by atoms with E-state index in [0.29, 0.717) is 52.9 Å². The Morgan fingerprint density at radius 1 is 0.833 bits per heavy atom. The summed E-state index contributed by atoms with van der Waals surface area (Å²) in [6, 6.07) is 0. The van der Waals surface area contributed by atoms with Gasteiger partial charge in [0.15, 0.2) is 0 Å². The third-order valence-corrected chi connectivity index (χ3v) is 1.81. The quantitative estimate of drug-likeness (QED) is 0.495. The fourth-order valence-corrected chi connectivity index (χ4v) is 0.977. The fourth-order valence-electron chi connectivity index (χ4n) is 0.977. The average molecular weight is 286 g/mol. The van der Waals surface area contributed by atoms with E-state index < -0.39 is 0 Å². The van der Waals surface area contributed by atoms with Crippen LogP contribution in [0.3, 0.4) is 0 Å². The van der Waals surface area contributed by atoms with Gasteiger partial charge in [-0.25, -0.2) is 0 Å². The largest absolute Gasteiger partial charge is 0.379 e. The third-order valence-electron chi connectivity index (χ3n) is 1.81. The van der Waals surface area contributed by atoms with Crippen molar-refractivity contribution >= 4 is 18.3 Å². The topological polar surface area (TPSA) is 80.0 Å². The lowest BCUT2D eigenvalue weighted by Crippen LogP contribution is -2.15. The molecule has 0 unspecified atom stereocenters. The zero-order chi connectivity index (χ0) is 12.8. The molecule has 0 atom stereocenters. The monoisotopic (exact) mass is 285 g/mol. The van der Waals surface area contributed by atoms with Crippen LogP contribution < -0.4 is 5.73 Å². The number of carbonyl (C=O) groups excluding carboxylic acids is 1. The van der Waals surface area contributed by atoms with Crippen LogP contribution in [0.2, 0.25) is 0 Å². The zero-order valence-electron chi connectivity index (χ0n) is 10.9. The predicted octanol–water partition coefficient (Wildman–Crippen LogP) is 0.370. The molecule has 0 heterocycles. The van der Waals surface area contributed by atoms with Gasteiger partial charge in [0.1, 0.15) is 0 Å². The highest BCUT2D eigenvalue weighted by molar-refractivity contribution is 5.85. The second-order valence-corrected chi connectivity index (χ2v) is 3.25. The minimum atomic E-state index is -0.353. The minimum Gasteiger partial charge on any atom is -0.379 e. The highest BCUT2D eigenvalue weighted by Crippen LogP contribution is 1.84. The standard InChI is InChI=1S/C11H23NO5.ClH/c1-2-14-5-6-16-9-10-17-8-7-15-4-3-11(12)13;/h2-10H2,1H3,(H2,12,13);1H. The Morgan fingerprint density at radius 3 is 1.61 bits per heavy atom. The first kappa shape index (κ1) is 19.9. The van der Waals surface area contributed by atoms with Gasteiger partial charge in [0, 0.05) is 13.0 Å². The number of nitrogens with two attached hydrogens (primary N) is 1. The van der Waals surface area contributed by atoms with Gasteiger partial charge in [-0.15, -0.1) is 12.4 Å². The molecule has 0 fully saturated rings. The van der Waals surface area contributed by atoms with E-state index in [1.165, 1.54) is 0 Å². The molecule has 1 amide bonds. The van der Waals surface area contributed by atoms with Crippen molar-refractivity contribution in [3.63, 3.8) is 0 Å². The molecule has 7 heteroatoms. The Labute approximate surface area is 114 Å². The van der Waals surface area contributed by atoms with Gasteiger partial charge in [-0.1, -0.05) is 0 Å². The summed E-state index contributed by atoms with van der Waals surface area (Å²) in [5.41, 5.74) is 4.95.